The summed E-state index contributed by atoms with van der Waals surface area (Å²) in [6, 6.07) is 12.3. The molecule has 146 valence electrons. The van der Waals surface area contributed by atoms with Crippen molar-refractivity contribution in [3.63, 3.8) is 0 Å². The number of carbonyl (C=O) groups excluding carboxylic acids is 1. The van der Waals surface area contributed by atoms with Crippen molar-refractivity contribution in [2.75, 3.05) is 5.32 Å². The molecule has 0 aliphatic heterocycles. The Morgan fingerprint density at radius 3 is 2.68 bits per heavy atom. The molecule has 0 saturated heterocycles. The van der Waals surface area contributed by atoms with Gasteiger partial charge in [-0.1, -0.05) is 18.2 Å². The SMILES string of the molecule is CCn1c(NC(=O)c2cc(S(=O)(=O)NC3CC3)ccc2C)nc2ccccc21. The van der Waals surface area contributed by atoms with E-state index in [1.807, 2.05) is 35.8 Å². The molecule has 0 radical (unpaired) electrons. The van der Waals surface area contributed by atoms with E-state index in [0.717, 1.165) is 23.9 Å². The third kappa shape index (κ3) is 3.53. The number of imidazole rings is 1. The minimum absolute atomic E-state index is 0.00744. The van der Waals surface area contributed by atoms with Gasteiger partial charge in [-0.25, -0.2) is 18.1 Å². The molecule has 8 heteroatoms. The van der Waals surface area contributed by atoms with E-state index in [9.17, 15) is 13.2 Å². The Morgan fingerprint density at radius 2 is 1.96 bits per heavy atom. The fraction of sp³-hybridized carbons (Fsp3) is 0.300. The van der Waals surface area contributed by atoms with Crippen LogP contribution in [-0.4, -0.2) is 29.9 Å². The van der Waals surface area contributed by atoms with E-state index in [4.69, 9.17) is 0 Å². The van der Waals surface area contributed by atoms with Crippen LogP contribution in [0.5, 0.6) is 0 Å². The number of nitrogens with zero attached hydrogens (tertiary/aromatic N) is 2. The number of rotatable bonds is 6. The highest BCUT2D eigenvalue weighted by Gasteiger charge is 2.28. The molecule has 1 saturated carbocycles. The average molecular weight is 398 g/mol. The van der Waals surface area contributed by atoms with Gasteiger partial charge in [0.2, 0.25) is 16.0 Å². The summed E-state index contributed by atoms with van der Waals surface area (Å²) >= 11 is 0. The van der Waals surface area contributed by atoms with Crippen molar-refractivity contribution in [3.8, 4) is 0 Å². The standard InChI is InChI=1S/C20H22N4O3S/c1-3-24-18-7-5-4-6-17(18)21-20(24)22-19(25)16-12-15(11-8-13(16)2)28(26,27)23-14-9-10-14/h4-8,11-12,14,23H,3,9-10H2,1-2H3,(H,21,22,25). The number of aryl methyl sites for hydroxylation is 2. The van der Waals surface area contributed by atoms with E-state index in [1.165, 1.54) is 12.1 Å². The molecule has 0 bridgehead atoms. The second-order valence-corrected chi connectivity index (χ2v) is 8.71. The quantitative estimate of drug-likeness (QED) is 0.667. The Labute approximate surface area is 163 Å². The molecular weight excluding hydrogens is 376 g/mol. The highest BCUT2D eigenvalue weighted by atomic mass is 32.2. The van der Waals surface area contributed by atoms with E-state index in [0.29, 0.717) is 23.6 Å². The van der Waals surface area contributed by atoms with E-state index in [-0.39, 0.29) is 16.8 Å². The number of para-hydroxylation sites is 2. The Balaban J connectivity index is 1.66. The van der Waals surface area contributed by atoms with Crippen LogP contribution < -0.4 is 10.0 Å². The molecule has 1 heterocycles. The second kappa shape index (κ2) is 7.03. The van der Waals surface area contributed by atoms with Gasteiger partial charge in [-0.3, -0.25) is 10.1 Å². The molecule has 2 aromatic carbocycles. The molecule has 4 rings (SSSR count). The molecule has 0 unspecified atom stereocenters. The molecule has 1 fully saturated rings. The van der Waals surface area contributed by atoms with Crippen molar-refractivity contribution in [2.45, 2.75) is 44.2 Å². The van der Waals surface area contributed by atoms with Crippen molar-refractivity contribution in [1.29, 1.82) is 0 Å². The van der Waals surface area contributed by atoms with Crippen LogP contribution in [0.3, 0.4) is 0 Å². The van der Waals surface area contributed by atoms with Crippen LogP contribution in [0.15, 0.2) is 47.4 Å². The number of fused-ring (bicyclic) bond motifs is 1. The predicted octanol–water partition coefficient (Wildman–Crippen LogP) is 3.06. The number of hydrogen-bond acceptors (Lipinski definition) is 4. The van der Waals surface area contributed by atoms with Gasteiger partial charge in [-0.05, 0) is 56.5 Å². The Bertz CT molecular complexity index is 1160. The van der Waals surface area contributed by atoms with E-state index in [1.54, 1.807) is 13.0 Å². The highest BCUT2D eigenvalue weighted by Crippen LogP contribution is 2.24. The zero-order valence-electron chi connectivity index (χ0n) is 15.8. The lowest BCUT2D eigenvalue weighted by Crippen LogP contribution is -2.26. The number of aromatic nitrogens is 2. The summed E-state index contributed by atoms with van der Waals surface area (Å²) in [5.41, 5.74) is 2.73. The number of benzene rings is 2. The van der Waals surface area contributed by atoms with Crippen molar-refractivity contribution in [2.24, 2.45) is 0 Å². The van der Waals surface area contributed by atoms with Crippen molar-refractivity contribution >= 4 is 32.9 Å². The first-order valence-corrected chi connectivity index (χ1v) is 10.8. The summed E-state index contributed by atoms with van der Waals surface area (Å²) in [4.78, 5) is 17.5. The summed E-state index contributed by atoms with van der Waals surface area (Å²) in [6.07, 6.45) is 1.71. The second-order valence-electron chi connectivity index (χ2n) is 6.99. The van der Waals surface area contributed by atoms with E-state index >= 15 is 0 Å². The fourth-order valence-corrected chi connectivity index (χ4v) is 4.49. The number of amides is 1. The van der Waals surface area contributed by atoms with Crippen LogP contribution in [0.2, 0.25) is 0 Å². The van der Waals surface area contributed by atoms with Crippen LogP contribution in [0, 0.1) is 6.92 Å². The lowest BCUT2D eigenvalue weighted by atomic mass is 10.1. The summed E-state index contributed by atoms with van der Waals surface area (Å²) in [5, 5.41) is 2.84. The van der Waals surface area contributed by atoms with Gasteiger partial charge < -0.3 is 4.57 Å². The molecule has 1 aromatic heterocycles. The van der Waals surface area contributed by atoms with Crippen molar-refractivity contribution < 1.29 is 13.2 Å². The molecule has 0 atom stereocenters. The van der Waals surface area contributed by atoms with Crippen LogP contribution in [0.1, 0.15) is 35.7 Å². The van der Waals surface area contributed by atoms with Crippen LogP contribution in [0.4, 0.5) is 5.95 Å². The van der Waals surface area contributed by atoms with Gasteiger partial charge in [0.1, 0.15) is 0 Å². The lowest BCUT2D eigenvalue weighted by Gasteiger charge is -2.11. The van der Waals surface area contributed by atoms with Gasteiger partial charge in [0.15, 0.2) is 0 Å². The van der Waals surface area contributed by atoms with Crippen molar-refractivity contribution in [1.82, 2.24) is 14.3 Å². The van der Waals surface area contributed by atoms with Crippen LogP contribution >= 0.6 is 0 Å². The summed E-state index contributed by atoms with van der Waals surface area (Å²) in [5.74, 6) is 0.0587. The van der Waals surface area contributed by atoms with Gasteiger partial charge >= 0.3 is 0 Å². The molecule has 28 heavy (non-hydrogen) atoms. The van der Waals surface area contributed by atoms with Gasteiger partial charge in [0.05, 0.1) is 15.9 Å². The first-order chi connectivity index (χ1) is 13.4. The molecule has 1 aliphatic rings. The Hall–Kier alpha value is -2.71. The highest BCUT2D eigenvalue weighted by molar-refractivity contribution is 7.89. The first-order valence-electron chi connectivity index (χ1n) is 9.28. The topological polar surface area (TPSA) is 93.1 Å². The number of carbonyl (C=O) groups is 1. The van der Waals surface area contributed by atoms with Crippen molar-refractivity contribution in [3.05, 3.63) is 53.6 Å². The van der Waals surface area contributed by atoms with Gasteiger partial charge in [-0.2, -0.15) is 0 Å². The predicted molar refractivity (Wildman–Crippen MR) is 108 cm³/mol. The Kier molecular flexibility index (Phi) is 4.68. The Morgan fingerprint density at radius 1 is 1.21 bits per heavy atom. The summed E-state index contributed by atoms with van der Waals surface area (Å²) in [6.45, 7) is 4.41. The normalized spacial score (nSPS) is 14.4. The average Bonchev–Trinajstić information content (AvgIpc) is 3.39. The monoisotopic (exact) mass is 398 g/mol. The third-order valence-electron chi connectivity index (χ3n) is 4.86. The number of nitrogens with one attached hydrogen (secondary N) is 2. The van der Waals surface area contributed by atoms with E-state index < -0.39 is 10.0 Å². The smallest absolute Gasteiger partial charge is 0.258 e. The minimum atomic E-state index is -3.63. The maximum absolute atomic E-state index is 12.9. The molecule has 2 N–H and O–H groups in total. The zero-order chi connectivity index (χ0) is 19.9. The fourth-order valence-electron chi connectivity index (χ4n) is 3.16. The first kappa shape index (κ1) is 18.6. The molecule has 1 amide bonds. The van der Waals surface area contributed by atoms with E-state index in [2.05, 4.69) is 15.0 Å². The van der Waals surface area contributed by atoms with Gasteiger partial charge in [0, 0.05) is 18.2 Å². The minimum Gasteiger partial charge on any atom is -0.310 e. The maximum Gasteiger partial charge on any atom is 0.258 e. The zero-order valence-corrected chi connectivity index (χ0v) is 16.6. The third-order valence-corrected chi connectivity index (χ3v) is 6.38. The van der Waals surface area contributed by atoms with Crippen LogP contribution in [0.25, 0.3) is 11.0 Å². The largest absolute Gasteiger partial charge is 0.310 e. The number of anilines is 1. The number of sulfonamides is 1. The molecule has 0 spiro atoms. The van der Waals surface area contributed by atoms with Gasteiger partial charge in [-0.15, -0.1) is 0 Å². The van der Waals surface area contributed by atoms with Gasteiger partial charge in [0.25, 0.3) is 5.91 Å². The number of hydrogen-bond donors (Lipinski definition) is 2. The lowest BCUT2D eigenvalue weighted by molar-refractivity contribution is 0.102. The summed E-state index contributed by atoms with van der Waals surface area (Å²) < 4.78 is 29.5. The van der Waals surface area contributed by atoms with Crippen LogP contribution in [-0.2, 0) is 16.6 Å². The molecular formula is C20H22N4O3S. The maximum atomic E-state index is 12.9. The molecule has 7 nitrogen and oxygen atoms in total. The molecule has 3 aromatic rings. The summed E-state index contributed by atoms with van der Waals surface area (Å²) in [7, 11) is -3.63. The molecule has 1 aliphatic carbocycles.